The number of halogens is 3. The predicted molar refractivity (Wildman–Crippen MR) is 52.1 cm³/mol. The largest absolute Gasteiger partial charge is 0.266 e. The normalized spacial score (nSPS) is 9.79. The molecule has 1 rings (SSSR count). The number of benzene rings is 1. The topological polar surface area (TPSA) is 0 Å². The van der Waals surface area contributed by atoms with E-state index in [9.17, 15) is 13.2 Å². The summed E-state index contributed by atoms with van der Waals surface area (Å²) >= 11 is 3.84. The van der Waals surface area contributed by atoms with Gasteiger partial charge in [-0.15, -0.1) is 0 Å². The number of hydrogen-bond donors (Lipinski definition) is 1. The third kappa shape index (κ3) is 2.71. The monoisotopic (exact) mass is 216 g/mol. The molecule has 0 radical (unpaired) electrons. The molecule has 0 N–H and O–H groups in total. The first-order valence-electron chi connectivity index (χ1n) is 3.82. The molecule has 0 fully saturated rings. The molecule has 0 aliphatic rings. The summed E-state index contributed by atoms with van der Waals surface area (Å²) in [7, 11) is 0. The van der Waals surface area contributed by atoms with Gasteiger partial charge in [-0.25, -0.2) is 13.2 Å². The molecule has 0 nitrogen and oxygen atoms in total. The van der Waals surface area contributed by atoms with Crippen LogP contribution in [0.1, 0.15) is 17.6 Å². The lowest BCUT2D eigenvalue weighted by atomic mass is 10.1. The van der Waals surface area contributed by atoms with Crippen molar-refractivity contribution in [2.45, 2.75) is 6.43 Å². The van der Waals surface area contributed by atoms with Gasteiger partial charge in [0.1, 0.15) is 5.82 Å². The molecule has 74 valence electrons. The van der Waals surface area contributed by atoms with Gasteiger partial charge < -0.3 is 0 Å². The molecule has 0 bridgehead atoms. The highest BCUT2D eigenvalue weighted by atomic mass is 32.1. The zero-order chi connectivity index (χ0) is 10.6. The molecule has 0 saturated carbocycles. The first-order valence-corrected chi connectivity index (χ1v) is 4.45. The minimum absolute atomic E-state index is 0.345. The van der Waals surface area contributed by atoms with Crippen LogP contribution in [0.3, 0.4) is 0 Å². The van der Waals surface area contributed by atoms with Crippen LogP contribution in [-0.2, 0) is 0 Å². The van der Waals surface area contributed by atoms with Gasteiger partial charge in [-0.05, 0) is 18.2 Å². The molecule has 0 heterocycles. The molecule has 1 aromatic rings. The van der Waals surface area contributed by atoms with Crippen LogP contribution in [-0.4, -0.2) is 5.75 Å². The van der Waals surface area contributed by atoms with Crippen LogP contribution in [0.4, 0.5) is 13.2 Å². The lowest BCUT2D eigenvalue weighted by Crippen LogP contribution is -1.91. The van der Waals surface area contributed by atoms with Crippen LogP contribution in [0, 0.1) is 17.7 Å². The second kappa shape index (κ2) is 4.97. The molecule has 0 amide bonds. The van der Waals surface area contributed by atoms with Gasteiger partial charge in [-0.2, -0.15) is 12.6 Å². The predicted octanol–water partition coefficient (Wildman–Crippen LogP) is 3.04. The van der Waals surface area contributed by atoms with Crippen LogP contribution in [0.25, 0.3) is 0 Å². The third-order valence-electron chi connectivity index (χ3n) is 1.55. The summed E-state index contributed by atoms with van der Waals surface area (Å²) < 4.78 is 37.2. The Morgan fingerprint density at radius 3 is 2.57 bits per heavy atom. The van der Waals surface area contributed by atoms with Crippen molar-refractivity contribution in [1.82, 2.24) is 0 Å². The summed E-state index contributed by atoms with van der Waals surface area (Å²) in [5.74, 6) is 4.61. The van der Waals surface area contributed by atoms with Crippen molar-refractivity contribution in [3.05, 3.63) is 35.1 Å². The van der Waals surface area contributed by atoms with Crippen LogP contribution >= 0.6 is 12.6 Å². The highest BCUT2D eigenvalue weighted by Crippen LogP contribution is 2.22. The second-order valence-electron chi connectivity index (χ2n) is 2.50. The lowest BCUT2D eigenvalue weighted by Gasteiger charge is -2.00. The van der Waals surface area contributed by atoms with Crippen molar-refractivity contribution < 1.29 is 13.2 Å². The Kier molecular flexibility index (Phi) is 3.90. The van der Waals surface area contributed by atoms with E-state index in [1.54, 1.807) is 0 Å². The molecule has 0 aliphatic carbocycles. The van der Waals surface area contributed by atoms with Crippen molar-refractivity contribution in [3.63, 3.8) is 0 Å². The standard InChI is InChI=1S/C10H7F3S/c11-9-6-7(2-1-5-14)3-4-8(9)10(12)13/h3-4,6,10,14H,5H2. The van der Waals surface area contributed by atoms with E-state index in [-0.39, 0.29) is 0 Å². The van der Waals surface area contributed by atoms with Crippen molar-refractivity contribution in [1.29, 1.82) is 0 Å². The minimum Gasteiger partial charge on any atom is -0.206 e. The average molecular weight is 216 g/mol. The number of alkyl halides is 2. The molecule has 0 saturated heterocycles. The molecule has 1 aromatic carbocycles. The van der Waals surface area contributed by atoms with Crippen LogP contribution in [0.2, 0.25) is 0 Å². The van der Waals surface area contributed by atoms with Gasteiger partial charge in [0, 0.05) is 5.56 Å². The van der Waals surface area contributed by atoms with Gasteiger partial charge >= 0.3 is 0 Å². The van der Waals surface area contributed by atoms with Gasteiger partial charge in [-0.3, -0.25) is 0 Å². The maximum Gasteiger partial charge on any atom is 0.266 e. The quantitative estimate of drug-likeness (QED) is 0.541. The van der Waals surface area contributed by atoms with Crippen molar-refractivity contribution in [2.75, 3.05) is 5.75 Å². The first-order chi connectivity index (χ1) is 6.65. The smallest absolute Gasteiger partial charge is 0.206 e. The highest BCUT2D eigenvalue weighted by Gasteiger charge is 2.12. The minimum atomic E-state index is -2.79. The highest BCUT2D eigenvalue weighted by molar-refractivity contribution is 7.80. The summed E-state index contributed by atoms with van der Waals surface area (Å²) in [6, 6.07) is 3.40. The van der Waals surface area contributed by atoms with Gasteiger partial charge in [0.05, 0.1) is 11.3 Å². The number of hydrogen-bond acceptors (Lipinski definition) is 1. The average Bonchev–Trinajstić information content (AvgIpc) is 2.14. The molecule has 14 heavy (non-hydrogen) atoms. The number of thiol groups is 1. The molecule has 0 aromatic heterocycles. The SMILES string of the molecule is Fc1cc(C#CCS)ccc1C(F)F. The van der Waals surface area contributed by atoms with Crippen LogP contribution in [0.15, 0.2) is 18.2 Å². The van der Waals surface area contributed by atoms with Gasteiger partial charge in [0.2, 0.25) is 0 Å². The fourth-order valence-corrected chi connectivity index (χ4v) is 1.00. The van der Waals surface area contributed by atoms with Crippen molar-refractivity contribution >= 4 is 12.6 Å². The van der Waals surface area contributed by atoms with E-state index in [4.69, 9.17) is 0 Å². The van der Waals surface area contributed by atoms with Gasteiger partial charge in [0.15, 0.2) is 0 Å². The molecule has 4 heteroatoms. The van der Waals surface area contributed by atoms with E-state index in [2.05, 4.69) is 24.5 Å². The maximum absolute atomic E-state index is 13.0. The van der Waals surface area contributed by atoms with Gasteiger partial charge in [0.25, 0.3) is 6.43 Å². The summed E-state index contributed by atoms with van der Waals surface area (Å²) in [5.41, 5.74) is -0.220. The van der Waals surface area contributed by atoms with E-state index in [1.807, 2.05) is 0 Å². The summed E-state index contributed by atoms with van der Waals surface area (Å²) in [6.07, 6.45) is -2.79. The van der Waals surface area contributed by atoms with E-state index in [0.29, 0.717) is 11.3 Å². The zero-order valence-corrected chi connectivity index (χ0v) is 7.99. The second-order valence-corrected chi connectivity index (χ2v) is 2.81. The molecule has 0 atom stereocenters. The Hall–Kier alpha value is -1.08. The third-order valence-corrected chi connectivity index (χ3v) is 1.71. The molecular weight excluding hydrogens is 209 g/mol. The Bertz CT molecular complexity index is 377. The Balaban J connectivity index is 3.00. The molecule has 0 aliphatic heterocycles. The van der Waals surface area contributed by atoms with E-state index in [1.165, 1.54) is 6.07 Å². The Morgan fingerprint density at radius 2 is 2.07 bits per heavy atom. The molecule has 0 unspecified atom stereocenters. The zero-order valence-electron chi connectivity index (χ0n) is 7.10. The van der Waals surface area contributed by atoms with E-state index >= 15 is 0 Å². The molecule has 0 spiro atoms. The van der Waals surface area contributed by atoms with Crippen molar-refractivity contribution in [2.24, 2.45) is 0 Å². The Labute approximate surface area is 85.5 Å². The summed E-state index contributed by atoms with van der Waals surface area (Å²) in [4.78, 5) is 0. The van der Waals surface area contributed by atoms with Gasteiger partial charge in [-0.1, -0.05) is 11.8 Å². The van der Waals surface area contributed by atoms with E-state index in [0.717, 1.165) is 12.1 Å². The summed E-state index contributed by atoms with van der Waals surface area (Å²) in [5, 5.41) is 0. The van der Waals surface area contributed by atoms with Crippen LogP contribution < -0.4 is 0 Å². The fourth-order valence-electron chi connectivity index (χ4n) is 0.923. The fraction of sp³-hybridized carbons (Fsp3) is 0.200. The molecular formula is C10H7F3S. The maximum atomic E-state index is 13.0. The van der Waals surface area contributed by atoms with E-state index < -0.39 is 17.8 Å². The summed E-state index contributed by atoms with van der Waals surface area (Å²) in [6.45, 7) is 0. The Morgan fingerprint density at radius 1 is 1.36 bits per heavy atom. The number of rotatable bonds is 1. The lowest BCUT2D eigenvalue weighted by molar-refractivity contribution is 0.146. The first kappa shape index (κ1) is 11.0. The van der Waals surface area contributed by atoms with Crippen LogP contribution in [0.5, 0.6) is 0 Å². The van der Waals surface area contributed by atoms with Crippen molar-refractivity contribution in [3.8, 4) is 11.8 Å².